The number of ether oxygens (including phenoxy) is 1. The fraction of sp³-hybridized carbons (Fsp3) is 0.588. The number of alkyl halides is 6. The summed E-state index contributed by atoms with van der Waals surface area (Å²) in [6.07, 6.45) is -8.17. The molecule has 2 atom stereocenters. The first-order chi connectivity index (χ1) is 12.5. The Bertz CT molecular complexity index is 646. The molecule has 0 spiro atoms. The standard InChI is InChI=1S/C17H19F6NO3/c18-16(19,20)11-4-3-5-12(8-11)27-7-2-1-6-24-9-13(15(25)26)14(10-24)17(21,22)23/h3-5,8,13-14H,1-2,6-7,9-10H2,(H,25,26)/t13-,14-/m1/s1. The Morgan fingerprint density at radius 2 is 1.85 bits per heavy atom. The van der Waals surface area contributed by atoms with Gasteiger partial charge in [-0.1, -0.05) is 6.07 Å². The van der Waals surface area contributed by atoms with Gasteiger partial charge in [0, 0.05) is 13.1 Å². The van der Waals surface area contributed by atoms with Crippen molar-refractivity contribution in [3.05, 3.63) is 29.8 Å². The van der Waals surface area contributed by atoms with Crippen LogP contribution < -0.4 is 4.74 Å². The predicted octanol–water partition coefficient (Wildman–Crippen LogP) is 4.06. The van der Waals surface area contributed by atoms with Crippen LogP contribution in [0.1, 0.15) is 18.4 Å². The van der Waals surface area contributed by atoms with Gasteiger partial charge in [0.05, 0.1) is 24.0 Å². The molecule has 1 aromatic carbocycles. The third kappa shape index (κ3) is 6.02. The number of nitrogens with zero attached hydrogens (tertiary/aromatic N) is 1. The molecule has 0 amide bonds. The molecule has 0 saturated carbocycles. The highest BCUT2D eigenvalue weighted by Crippen LogP contribution is 2.37. The van der Waals surface area contributed by atoms with Crippen LogP contribution in [-0.4, -0.2) is 48.4 Å². The number of halogens is 6. The minimum absolute atomic E-state index is 0.0640. The van der Waals surface area contributed by atoms with Gasteiger partial charge < -0.3 is 14.7 Å². The highest BCUT2D eigenvalue weighted by Gasteiger charge is 2.52. The molecule has 2 rings (SSSR count). The molecule has 27 heavy (non-hydrogen) atoms. The third-order valence-corrected chi connectivity index (χ3v) is 4.43. The number of carbonyl (C=O) groups is 1. The number of benzene rings is 1. The number of unbranched alkanes of at least 4 members (excludes halogenated alkanes) is 1. The topological polar surface area (TPSA) is 49.8 Å². The molecule has 0 radical (unpaired) electrons. The van der Waals surface area contributed by atoms with E-state index in [1.54, 1.807) is 0 Å². The van der Waals surface area contributed by atoms with Crippen molar-refractivity contribution in [1.29, 1.82) is 0 Å². The minimum Gasteiger partial charge on any atom is -0.494 e. The van der Waals surface area contributed by atoms with Gasteiger partial charge in [-0.15, -0.1) is 0 Å². The van der Waals surface area contributed by atoms with Crippen LogP contribution in [0.2, 0.25) is 0 Å². The number of aliphatic carboxylic acids is 1. The summed E-state index contributed by atoms with van der Waals surface area (Å²) in [6.45, 7) is -0.161. The number of hydrogen-bond donors (Lipinski definition) is 1. The number of likely N-dealkylation sites (tertiary alicyclic amines) is 1. The lowest BCUT2D eigenvalue weighted by Crippen LogP contribution is -2.33. The average molecular weight is 399 g/mol. The second-order valence-electron chi connectivity index (χ2n) is 6.43. The lowest BCUT2D eigenvalue weighted by molar-refractivity contribution is -0.188. The van der Waals surface area contributed by atoms with E-state index in [2.05, 4.69) is 0 Å². The summed E-state index contributed by atoms with van der Waals surface area (Å²) in [5, 5.41) is 8.95. The first-order valence-corrected chi connectivity index (χ1v) is 8.30. The summed E-state index contributed by atoms with van der Waals surface area (Å²) >= 11 is 0. The Hall–Kier alpha value is -1.97. The summed E-state index contributed by atoms with van der Waals surface area (Å²) in [4.78, 5) is 12.5. The van der Waals surface area contributed by atoms with E-state index >= 15 is 0 Å². The largest absolute Gasteiger partial charge is 0.494 e. The van der Waals surface area contributed by atoms with E-state index in [9.17, 15) is 31.1 Å². The predicted molar refractivity (Wildman–Crippen MR) is 83.3 cm³/mol. The first-order valence-electron chi connectivity index (χ1n) is 8.30. The van der Waals surface area contributed by atoms with E-state index in [4.69, 9.17) is 9.84 Å². The van der Waals surface area contributed by atoms with Gasteiger partial charge in [0.25, 0.3) is 0 Å². The molecule has 1 aliphatic heterocycles. The maximum atomic E-state index is 12.9. The molecule has 1 fully saturated rings. The fourth-order valence-electron chi connectivity index (χ4n) is 3.04. The van der Waals surface area contributed by atoms with Crippen LogP contribution in [-0.2, 0) is 11.0 Å². The summed E-state index contributed by atoms with van der Waals surface area (Å²) in [5.41, 5.74) is -0.824. The van der Waals surface area contributed by atoms with E-state index < -0.39 is 35.7 Å². The molecule has 1 heterocycles. The molecule has 0 aromatic heterocycles. The summed E-state index contributed by atoms with van der Waals surface area (Å²) in [6, 6.07) is 4.43. The highest BCUT2D eigenvalue weighted by atomic mass is 19.4. The number of rotatable bonds is 7. The van der Waals surface area contributed by atoms with Gasteiger partial charge in [-0.3, -0.25) is 4.79 Å². The molecule has 1 aliphatic rings. The molecular weight excluding hydrogens is 380 g/mol. The number of hydrogen-bond acceptors (Lipinski definition) is 3. The molecular formula is C17H19F6NO3. The van der Waals surface area contributed by atoms with Crippen molar-refractivity contribution in [2.45, 2.75) is 25.2 Å². The summed E-state index contributed by atoms with van der Waals surface area (Å²) in [7, 11) is 0. The lowest BCUT2D eigenvalue weighted by atomic mass is 9.96. The molecule has 4 nitrogen and oxygen atoms in total. The maximum absolute atomic E-state index is 12.9. The van der Waals surface area contributed by atoms with Crippen molar-refractivity contribution in [3.8, 4) is 5.75 Å². The van der Waals surface area contributed by atoms with E-state index in [1.807, 2.05) is 0 Å². The van der Waals surface area contributed by atoms with E-state index in [0.717, 1.165) is 12.1 Å². The van der Waals surface area contributed by atoms with Crippen LogP contribution in [0.15, 0.2) is 24.3 Å². The maximum Gasteiger partial charge on any atom is 0.416 e. The van der Waals surface area contributed by atoms with E-state index in [1.165, 1.54) is 17.0 Å². The molecule has 1 aromatic rings. The quantitative estimate of drug-likeness (QED) is 0.555. The smallest absolute Gasteiger partial charge is 0.416 e. The van der Waals surface area contributed by atoms with Crippen molar-refractivity contribution in [3.63, 3.8) is 0 Å². The van der Waals surface area contributed by atoms with Gasteiger partial charge in [-0.25, -0.2) is 0 Å². The lowest BCUT2D eigenvalue weighted by Gasteiger charge is -2.18. The minimum atomic E-state index is -4.57. The van der Waals surface area contributed by atoms with Crippen LogP contribution in [0.4, 0.5) is 26.3 Å². The Morgan fingerprint density at radius 3 is 2.41 bits per heavy atom. The van der Waals surface area contributed by atoms with Gasteiger partial charge >= 0.3 is 18.3 Å². The van der Waals surface area contributed by atoms with E-state index in [0.29, 0.717) is 12.8 Å². The van der Waals surface area contributed by atoms with Crippen LogP contribution in [0, 0.1) is 11.8 Å². The van der Waals surface area contributed by atoms with Gasteiger partial charge in [-0.2, -0.15) is 26.3 Å². The molecule has 0 bridgehead atoms. The molecule has 10 heteroatoms. The second-order valence-corrected chi connectivity index (χ2v) is 6.43. The Balaban J connectivity index is 1.75. The Morgan fingerprint density at radius 1 is 1.15 bits per heavy atom. The monoisotopic (exact) mass is 399 g/mol. The zero-order valence-corrected chi connectivity index (χ0v) is 14.2. The molecule has 0 aliphatic carbocycles. The zero-order valence-electron chi connectivity index (χ0n) is 14.2. The van der Waals surface area contributed by atoms with Crippen LogP contribution in [0.3, 0.4) is 0 Å². The van der Waals surface area contributed by atoms with Crippen LogP contribution in [0.25, 0.3) is 0 Å². The van der Waals surface area contributed by atoms with Crippen molar-refractivity contribution in [1.82, 2.24) is 4.90 Å². The van der Waals surface area contributed by atoms with Crippen molar-refractivity contribution in [2.24, 2.45) is 11.8 Å². The summed E-state index contributed by atoms with van der Waals surface area (Å²) < 4.78 is 81.8. The van der Waals surface area contributed by atoms with Gasteiger partial charge in [0.15, 0.2) is 0 Å². The molecule has 0 unspecified atom stereocenters. The Kier molecular flexibility index (Phi) is 6.61. The van der Waals surface area contributed by atoms with Gasteiger partial charge in [-0.05, 0) is 37.6 Å². The second kappa shape index (κ2) is 8.37. The van der Waals surface area contributed by atoms with Crippen molar-refractivity contribution in [2.75, 3.05) is 26.2 Å². The van der Waals surface area contributed by atoms with Crippen molar-refractivity contribution >= 4 is 5.97 Å². The highest BCUT2D eigenvalue weighted by molar-refractivity contribution is 5.71. The fourth-order valence-corrected chi connectivity index (χ4v) is 3.04. The molecule has 1 N–H and O–H groups in total. The average Bonchev–Trinajstić information content (AvgIpc) is 2.99. The van der Waals surface area contributed by atoms with E-state index in [-0.39, 0.29) is 32.0 Å². The third-order valence-electron chi connectivity index (χ3n) is 4.43. The van der Waals surface area contributed by atoms with Gasteiger partial charge in [0.1, 0.15) is 5.75 Å². The first kappa shape index (κ1) is 21.3. The van der Waals surface area contributed by atoms with Crippen molar-refractivity contribution < 1.29 is 41.0 Å². The number of carboxylic acid groups (broad SMARTS) is 1. The van der Waals surface area contributed by atoms with Crippen LogP contribution >= 0.6 is 0 Å². The normalized spacial score (nSPS) is 21.4. The molecule has 1 saturated heterocycles. The van der Waals surface area contributed by atoms with Crippen LogP contribution in [0.5, 0.6) is 5.75 Å². The zero-order chi connectivity index (χ0) is 20.2. The Labute approximate surface area is 151 Å². The number of carboxylic acids is 1. The van der Waals surface area contributed by atoms with Gasteiger partial charge in [0.2, 0.25) is 0 Å². The SMILES string of the molecule is O=C(O)[C@@H]1CN(CCCCOc2cccc(C(F)(F)F)c2)C[C@H]1C(F)(F)F. The molecule has 152 valence electrons. The summed E-state index contributed by atoms with van der Waals surface area (Å²) in [5.74, 6) is -4.77.